The minimum atomic E-state index is -3.75. The number of anilines is 2. The first-order valence-corrected chi connectivity index (χ1v) is 12.0. The van der Waals surface area contributed by atoms with E-state index in [1.807, 2.05) is 26.8 Å². The molecular formula is C24H25ClN2O4S. The topological polar surface area (TPSA) is 84.5 Å². The maximum Gasteiger partial charge on any atom is 0.265 e. The molecule has 6 nitrogen and oxygen atoms in total. The number of ether oxygens (including phenoxy) is 1. The standard InChI is InChI=1S/C24H25ClN2O4S/c1-4-23(31-21-11-6-18(25)7-12-21)24(28)26-19-9-13-22(14-10-19)32(29,30)27-20-8-5-16(2)17(3)15-20/h5-15,23,27H,4H2,1-3H3,(H,26,28)/t23-/m0/s1. The number of nitrogens with one attached hydrogen (secondary N) is 2. The molecule has 0 saturated heterocycles. The van der Waals surface area contributed by atoms with Gasteiger partial charge in [0.1, 0.15) is 5.75 Å². The van der Waals surface area contributed by atoms with Crippen molar-refractivity contribution in [3.05, 3.63) is 82.9 Å². The van der Waals surface area contributed by atoms with E-state index in [4.69, 9.17) is 16.3 Å². The number of amides is 1. The first-order chi connectivity index (χ1) is 15.2. The van der Waals surface area contributed by atoms with Crippen LogP contribution in [0.25, 0.3) is 0 Å². The minimum absolute atomic E-state index is 0.0955. The number of hydrogen-bond donors (Lipinski definition) is 2. The second kappa shape index (κ2) is 10.1. The predicted octanol–water partition coefficient (Wildman–Crippen LogP) is 5.55. The Bertz CT molecular complexity index is 1190. The zero-order chi connectivity index (χ0) is 23.3. The van der Waals surface area contributed by atoms with Gasteiger partial charge in [-0.3, -0.25) is 9.52 Å². The van der Waals surface area contributed by atoms with Gasteiger partial charge in [-0.15, -0.1) is 0 Å². The van der Waals surface area contributed by atoms with Crippen LogP contribution in [-0.4, -0.2) is 20.4 Å². The van der Waals surface area contributed by atoms with Gasteiger partial charge in [-0.25, -0.2) is 8.42 Å². The first kappa shape index (κ1) is 23.6. The van der Waals surface area contributed by atoms with Gasteiger partial charge < -0.3 is 10.1 Å². The number of aryl methyl sites for hydroxylation is 2. The molecule has 1 atom stereocenters. The molecule has 3 aromatic carbocycles. The van der Waals surface area contributed by atoms with E-state index >= 15 is 0 Å². The molecule has 0 radical (unpaired) electrons. The Labute approximate surface area is 193 Å². The van der Waals surface area contributed by atoms with Gasteiger partial charge in [-0.1, -0.05) is 24.6 Å². The average Bonchev–Trinajstić information content (AvgIpc) is 2.76. The van der Waals surface area contributed by atoms with Crippen LogP contribution in [0, 0.1) is 13.8 Å². The molecule has 3 rings (SSSR count). The molecule has 0 unspecified atom stereocenters. The van der Waals surface area contributed by atoms with Gasteiger partial charge in [-0.05, 0) is 92.1 Å². The van der Waals surface area contributed by atoms with E-state index in [1.165, 1.54) is 12.1 Å². The van der Waals surface area contributed by atoms with E-state index in [1.54, 1.807) is 48.5 Å². The number of carbonyl (C=O) groups excluding carboxylic acids is 1. The number of rotatable bonds is 8. The monoisotopic (exact) mass is 472 g/mol. The number of benzene rings is 3. The van der Waals surface area contributed by atoms with E-state index in [0.717, 1.165) is 11.1 Å². The van der Waals surface area contributed by atoms with E-state index < -0.39 is 16.1 Å². The van der Waals surface area contributed by atoms with E-state index in [-0.39, 0.29) is 10.8 Å². The number of hydrogen-bond acceptors (Lipinski definition) is 4. The lowest BCUT2D eigenvalue weighted by atomic mass is 10.1. The van der Waals surface area contributed by atoms with Gasteiger partial charge in [0, 0.05) is 16.4 Å². The fraction of sp³-hybridized carbons (Fsp3) is 0.208. The summed E-state index contributed by atoms with van der Waals surface area (Å²) in [5, 5.41) is 3.34. The fourth-order valence-electron chi connectivity index (χ4n) is 2.96. The summed E-state index contributed by atoms with van der Waals surface area (Å²) in [5.74, 6) is 0.210. The Hall–Kier alpha value is -3.03. The molecule has 0 bridgehead atoms. The minimum Gasteiger partial charge on any atom is -0.481 e. The van der Waals surface area contributed by atoms with Crippen LogP contribution in [0.2, 0.25) is 5.02 Å². The Morgan fingerprint density at radius 3 is 2.16 bits per heavy atom. The third-order valence-electron chi connectivity index (χ3n) is 4.95. The van der Waals surface area contributed by atoms with Gasteiger partial charge >= 0.3 is 0 Å². The molecule has 0 aliphatic rings. The van der Waals surface area contributed by atoms with E-state index in [9.17, 15) is 13.2 Å². The maximum atomic E-state index is 12.7. The Kier molecular flexibility index (Phi) is 7.43. The molecule has 0 saturated carbocycles. The van der Waals surface area contributed by atoms with Crippen LogP contribution >= 0.6 is 11.6 Å². The lowest BCUT2D eigenvalue weighted by Crippen LogP contribution is -2.32. The molecule has 0 aliphatic carbocycles. The molecule has 0 heterocycles. The Balaban J connectivity index is 1.66. The number of carbonyl (C=O) groups is 1. The van der Waals surface area contributed by atoms with Crippen molar-refractivity contribution in [2.75, 3.05) is 10.0 Å². The van der Waals surface area contributed by atoms with Crippen LogP contribution in [0.5, 0.6) is 5.75 Å². The SMILES string of the molecule is CC[C@H](Oc1ccc(Cl)cc1)C(=O)Nc1ccc(S(=O)(=O)Nc2ccc(C)c(C)c2)cc1. The maximum absolute atomic E-state index is 12.7. The normalized spacial score (nSPS) is 12.1. The molecule has 0 fully saturated rings. The fourth-order valence-corrected chi connectivity index (χ4v) is 4.13. The first-order valence-electron chi connectivity index (χ1n) is 10.1. The zero-order valence-corrected chi connectivity index (χ0v) is 19.6. The van der Waals surface area contributed by atoms with Crippen molar-refractivity contribution in [2.45, 2.75) is 38.2 Å². The van der Waals surface area contributed by atoms with E-state index in [2.05, 4.69) is 10.0 Å². The Morgan fingerprint density at radius 2 is 1.56 bits per heavy atom. The molecule has 0 aliphatic heterocycles. The molecule has 168 valence electrons. The third kappa shape index (κ3) is 6.02. The highest BCUT2D eigenvalue weighted by molar-refractivity contribution is 7.92. The number of halogens is 1. The zero-order valence-electron chi connectivity index (χ0n) is 18.1. The van der Waals surface area contributed by atoms with Gasteiger partial charge in [0.25, 0.3) is 15.9 Å². The molecule has 2 N–H and O–H groups in total. The van der Waals surface area contributed by atoms with Crippen molar-refractivity contribution in [1.29, 1.82) is 0 Å². The van der Waals surface area contributed by atoms with Crippen LogP contribution in [0.15, 0.2) is 71.6 Å². The van der Waals surface area contributed by atoms with Crippen LogP contribution in [0.3, 0.4) is 0 Å². The van der Waals surface area contributed by atoms with E-state index in [0.29, 0.717) is 28.6 Å². The summed E-state index contributed by atoms with van der Waals surface area (Å²) in [5.41, 5.74) is 3.04. The molecule has 8 heteroatoms. The summed E-state index contributed by atoms with van der Waals surface area (Å²) < 4.78 is 33.7. The lowest BCUT2D eigenvalue weighted by Gasteiger charge is -2.17. The Morgan fingerprint density at radius 1 is 0.938 bits per heavy atom. The molecule has 0 aromatic heterocycles. The molecular weight excluding hydrogens is 448 g/mol. The second-order valence-electron chi connectivity index (χ2n) is 7.39. The van der Waals surface area contributed by atoms with Crippen LogP contribution in [0.1, 0.15) is 24.5 Å². The smallest absolute Gasteiger partial charge is 0.265 e. The quantitative estimate of drug-likeness (QED) is 0.450. The summed E-state index contributed by atoms with van der Waals surface area (Å²) in [6.07, 6.45) is -0.244. The van der Waals surface area contributed by atoms with Gasteiger partial charge in [0.2, 0.25) is 0 Å². The van der Waals surface area contributed by atoms with Crippen molar-refractivity contribution in [1.82, 2.24) is 0 Å². The summed E-state index contributed by atoms with van der Waals surface area (Å²) >= 11 is 5.87. The van der Waals surface area contributed by atoms with Gasteiger partial charge in [0.05, 0.1) is 4.90 Å². The van der Waals surface area contributed by atoms with Gasteiger partial charge in [-0.2, -0.15) is 0 Å². The second-order valence-corrected chi connectivity index (χ2v) is 9.51. The summed E-state index contributed by atoms with van der Waals surface area (Å²) in [7, 11) is -3.75. The van der Waals surface area contributed by atoms with Crippen molar-refractivity contribution >= 4 is 38.9 Å². The van der Waals surface area contributed by atoms with Crippen LogP contribution in [-0.2, 0) is 14.8 Å². The van der Waals surface area contributed by atoms with Crippen molar-refractivity contribution in [2.24, 2.45) is 0 Å². The highest BCUT2D eigenvalue weighted by Gasteiger charge is 2.19. The van der Waals surface area contributed by atoms with Gasteiger partial charge in [0.15, 0.2) is 6.10 Å². The largest absolute Gasteiger partial charge is 0.481 e. The van der Waals surface area contributed by atoms with Crippen molar-refractivity contribution in [3.8, 4) is 5.75 Å². The number of sulfonamides is 1. The molecule has 1 amide bonds. The summed E-state index contributed by atoms with van der Waals surface area (Å²) in [6, 6.07) is 18.1. The highest BCUT2D eigenvalue weighted by atomic mass is 35.5. The van der Waals surface area contributed by atoms with Crippen LogP contribution in [0.4, 0.5) is 11.4 Å². The molecule has 0 spiro atoms. The average molecular weight is 473 g/mol. The molecule has 3 aromatic rings. The summed E-state index contributed by atoms with van der Waals surface area (Å²) in [4.78, 5) is 12.7. The van der Waals surface area contributed by atoms with Crippen molar-refractivity contribution in [3.63, 3.8) is 0 Å². The predicted molar refractivity (Wildman–Crippen MR) is 128 cm³/mol. The van der Waals surface area contributed by atoms with Crippen LogP contribution < -0.4 is 14.8 Å². The lowest BCUT2D eigenvalue weighted by molar-refractivity contribution is -0.122. The highest BCUT2D eigenvalue weighted by Crippen LogP contribution is 2.22. The summed E-state index contributed by atoms with van der Waals surface area (Å²) in [6.45, 7) is 5.73. The van der Waals surface area contributed by atoms with Crippen molar-refractivity contribution < 1.29 is 17.9 Å². The molecule has 32 heavy (non-hydrogen) atoms. The third-order valence-corrected chi connectivity index (χ3v) is 6.60.